The van der Waals surface area contributed by atoms with Gasteiger partial charge in [0.1, 0.15) is 17.3 Å². The molecule has 1 aromatic heterocycles. The molecule has 0 spiro atoms. The number of halogens is 3. The Morgan fingerprint density at radius 1 is 1.17 bits per heavy atom. The summed E-state index contributed by atoms with van der Waals surface area (Å²) < 4.78 is 31.0. The van der Waals surface area contributed by atoms with Crippen LogP contribution in [-0.2, 0) is 4.79 Å². The van der Waals surface area contributed by atoms with Gasteiger partial charge in [0.15, 0.2) is 12.7 Å². The third-order valence-corrected chi connectivity index (χ3v) is 7.78. The summed E-state index contributed by atoms with van der Waals surface area (Å²) in [5.74, 6) is 1.07. The summed E-state index contributed by atoms with van der Waals surface area (Å²) >= 11 is 11.7. The lowest BCUT2D eigenvalue weighted by molar-refractivity contribution is -0.125. The third kappa shape index (κ3) is 4.29. The van der Waals surface area contributed by atoms with Gasteiger partial charge >= 0.3 is 0 Å². The Balaban J connectivity index is 1.07. The molecule has 36 heavy (non-hydrogen) atoms. The molecule has 2 heterocycles. The number of amides is 1. The fourth-order valence-electron chi connectivity index (χ4n) is 5.57. The van der Waals surface area contributed by atoms with E-state index in [9.17, 15) is 14.3 Å². The minimum Gasteiger partial charge on any atom is -0.484 e. The molecule has 3 aromatic rings. The molecular formula is C25H22Cl2FN3O5. The minimum absolute atomic E-state index is 0.00617. The van der Waals surface area contributed by atoms with E-state index in [1.54, 1.807) is 18.2 Å². The number of hydrogen-bond acceptors (Lipinski definition) is 7. The molecule has 0 saturated heterocycles. The summed E-state index contributed by atoms with van der Waals surface area (Å²) in [4.78, 5) is 12.5. The molecule has 8 nitrogen and oxygen atoms in total. The lowest BCUT2D eigenvalue weighted by Gasteiger charge is -2.39. The van der Waals surface area contributed by atoms with Gasteiger partial charge in [0, 0.05) is 34.5 Å². The Kier molecular flexibility index (Phi) is 5.81. The van der Waals surface area contributed by atoms with Crippen LogP contribution in [0.3, 0.4) is 0 Å². The first-order valence-electron chi connectivity index (χ1n) is 11.6. The topological polar surface area (TPSA) is 107 Å². The number of carbonyl (C=O) groups excluding carboxylic acids is 1. The Morgan fingerprint density at radius 3 is 2.78 bits per heavy atom. The first-order chi connectivity index (χ1) is 17.3. The van der Waals surface area contributed by atoms with Crippen molar-refractivity contribution >= 4 is 29.1 Å². The van der Waals surface area contributed by atoms with Crippen LogP contribution in [0.1, 0.15) is 61.2 Å². The highest BCUT2D eigenvalue weighted by Gasteiger charge is 2.58. The molecule has 7 rings (SSSR count). The van der Waals surface area contributed by atoms with Crippen LogP contribution in [0.25, 0.3) is 0 Å². The Bertz CT molecular complexity index is 1330. The molecule has 3 saturated carbocycles. The number of hydrogen-bond donors (Lipinski definition) is 2. The van der Waals surface area contributed by atoms with Gasteiger partial charge in [-0.25, -0.2) is 4.39 Å². The van der Waals surface area contributed by atoms with Gasteiger partial charge in [-0.05, 0) is 55.5 Å². The Morgan fingerprint density at radius 2 is 1.97 bits per heavy atom. The minimum atomic E-state index is -0.753. The van der Waals surface area contributed by atoms with Crippen molar-refractivity contribution in [3.63, 3.8) is 0 Å². The maximum Gasteiger partial charge on any atom is 0.258 e. The van der Waals surface area contributed by atoms with E-state index in [4.69, 9.17) is 37.1 Å². The zero-order valence-corrected chi connectivity index (χ0v) is 20.4. The average Bonchev–Trinajstić information content (AvgIpc) is 3.53. The second kappa shape index (κ2) is 8.90. The summed E-state index contributed by atoms with van der Waals surface area (Å²) in [6.07, 6.45) is 1.26. The molecule has 0 unspecified atom stereocenters. The first kappa shape index (κ1) is 23.5. The number of aliphatic hydroxyl groups is 1. The largest absolute Gasteiger partial charge is 0.484 e. The molecule has 2 aromatic carbocycles. The maximum atomic E-state index is 13.6. The molecule has 188 valence electrons. The number of ether oxygens (including phenoxy) is 2. The smallest absolute Gasteiger partial charge is 0.258 e. The van der Waals surface area contributed by atoms with Crippen LogP contribution in [-0.4, -0.2) is 33.4 Å². The van der Waals surface area contributed by atoms with Gasteiger partial charge in [-0.2, -0.15) is 0 Å². The first-order valence-corrected chi connectivity index (χ1v) is 12.4. The van der Waals surface area contributed by atoms with Crippen LogP contribution in [0, 0.1) is 11.7 Å². The highest BCUT2D eigenvalue weighted by molar-refractivity contribution is 6.31. The summed E-state index contributed by atoms with van der Waals surface area (Å²) in [6, 6.07) is 9.15. The average molecular weight is 534 g/mol. The SMILES string of the molecule is O=C(COc1ccc(Cl)c(F)c1)NC12CC(C1)[C@@H](c1nnc([C@H]3C[C@@H](O)c4cc(Cl)ccc4O3)o1)C2. The van der Waals surface area contributed by atoms with Crippen LogP contribution >= 0.6 is 23.2 Å². The monoisotopic (exact) mass is 533 g/mol. The molecule has 4 aliphatic rings. The normalized spacial score (nSPS) is 28.1. The van der Waals surface area contributed by atoms with Gasteiger partial charge in [-0.1, -0.05) is 23.2 Å². The molecule has 3 atom stereocenters. The second-order valence-corrected chi connectivity index (χ2v) is 10.5. The van der Waals surface area contributed by atoms with Gasteiger partial charge in [-0.3, -0.25) is 4.79 Å². The lowest BCUT2D eigenvalue weighted by atomic mass is 9.76. The van der Waals surface area contributed by atoms with Crippen molar-refractivity contribution in [2.45, 2.75) is 49.3 Å². The van der Waals surface area contributed by atoms with E-state index in [1.165, 1.54) is 12.1 Å². The molecule has 2 bridgehead atoms. The van der Waals surface area contributed by atoms with Gasteiger partial charge in [0.25, 0.3) is 11.8 Å². The maximum absolute atomic E-state index is 13.6. The predicted octanol–water partition coefficient (Wildman–Crippen LogP) is 4.90. The number of fused-ring (bicyclic) bond motifs is 2. The molecule has 3 fully saturated rings. The van der Waals surface area contributed by atoms with Crippen LogP contribution < -0.4 is 14.8 Å². The van der Waals surface area contributed by atoms with E-state index in [0.29, 0.717) is 40.5 Å². The zero-order valence-electron chi connectivity index (χ0n) is 18.9. The molecule has 3 aliphatic carbocycles. The van der Waals surface area contributed by atoms with E-state index in [0.717, 1.165) is 18.9 Å². The predicted molar refractivity (Wildman–Crippen MR) is 127 cm³/mol. The van der Waals surface area contributed by atoms with Crippen molar-refractivity contribution in [1.82, 2.24) is 15.5 Å². The lowest BCUT2D eigenvalue weighted by Crippen LogP contribution is -2.53. The van der Waals surface area contributed by atoms with Gasteiger partial charge < -0.3 is 24.3 Å². The third-order valence-electron chi connectivity index (χ3n) is 7.24. The van der Waals surface area contributed by atoms with E-state index in [1.807, 2.05) is 0 Å². The second-order valence-electron chi connectivity index (χ2n) is 9.69. The van der Waals surface area contributed by atoms with Crippen LogP contribution in [0.15, 0.2) is 40.8 Å². The molecule has 2 N–H and O–H groups in total. The Hall–Kier alpha value is -2.88. The van der Waals surface area contributed by atoms with Crippen molar-refractivity contribution in [3.05, 3.63) is 69.6 Å². The number of aliphatic hydroxyl groups excluding tert-OH is 1. The highest BCUT2D eigenvalue weighted by Crippen LogP contribution is 2.59. The molecule has 1 amide bonds. The molecule has 0 radical (unpaired) electrons. The van der Waals surface area contributed by atoms with E-state index in [2.05, 4.69) is 15.5 Å². The van der Waals surface area contributed by atoms with E-state index >= 15 is 0 Å². The number of aromatic nitrogens is 2. The number of nitrogens with zero attached hydrogens (tertiary/aromatic N) is 2. The fourth-order valence-corrected chi connectivity index (χ4v) is 5.87. The van der Waals surface area contributed by atoms with Gasteiger partial charge in [-0.15, -0.1) is 10.2 Å². The molecule has 11 heteroatoms. The van der Waals surface area contributed by atoms with E-state index < -0.39 is 18.0 Å². The highest BCUT2D eigenvalue weighted by atomic mass is 35.5. The quantitative estimate of drug-likeness (QED) is 0.463. The Labute approximate surface area is 215 Å². The van der Waals surface area contributed by atoms with Crippen molar-refractivity contribution in [2.24, 2.45) is 5.92 Å². The standard InChI is InChI=1S/C25H22Cl2FN3O5/c26-13-1-4-20-15(5-13)19(32)7-21(35-20)24-31-30-23(36-24)16-10-25(8-12(16)9-25)29-22(33)11-34-14-2-3-17(27)18(28)6-14/h1-6,12,16,19,21,32H,7-11H2,(H,29,33)/t12?,16-,19+,21+,25?/m0/s1. The van der Waals surface area contributed by atoms with Crippen LogP contribution in [0.2, 0.25) is 10.0 Å². The van der Waals surface area contributed by atoms with Crippen LogP contribution in [0.5, 0.6) is 11.5 Å². The van der Waals surface area contributed by atoms with Crippen molar-refractivity contribution in [3.8, 4) is 11.5 Å². The number of benzene rings is 2. The summed E-state index contributed by atoms with van der Waals surface area (Å²) in [5.41, 5.74) is 0.295. The fraction of sp³-hybridized carbons (Fsp3) is 0.400. The molecular weight excluding hydrogens is 512 g/mol. The van der Waals surface area contributed by atoms with Crippen molar-refractivity contribution < 1.29 is 28.2 Å². The summed E-state index contributed by atoms with van der Waals surface area (Å²) in [6.45, 7) is -0.225. The van der Waals surface area contributed by atoms with Crippen molar-refractivity contribution in [1.29, 1.82) is 0 Å². The molecule has 1 aliphatic heterocycles. The summed E-state index contributed by atoms with van der Waals surface area (Å²) in [7, 11) is 0. The van der Waals surface area contributed by atoms with E-state index in [-0.39, 0.29) is 41.2 Å². The van der Waals surface area contributed by atoms with Crippen molar-refractivity contribution in [2.75, 3.05) is 6.61 Å². The number of carbonyl (C=O) groups is 1. The van der Waals surface area contributed by atoms with Crippen LogP contribution in [0.4, 0.5) is 4.39 Å². The number of rotatable bonds is 6. The summed E-state index contributed by atoms with van der Waals surface area (Å²) in [5, 5.41) is 22.6. The zero-order chi connectivity index (χ0) is 25.0. The number of nitrogens with one attached hydrogen (secondary N) is 1. The van der Waals surface area contributed by atoms with Gasteiger partial charge in [0.2, 0.25) is 5.89 Å². The van der Waals surface area contributed by atoms with Gasteiger partial charge in [0.05, 0.1) is 11.1 Å².